The number of esters is 2. The van der Waals surface area contributed by atoms with Crippen LogP contribution in [0.25, 0.3) is 0 Å². The summed E-state index contributed by atoms with van der Waals surface area (Å²) in [5, 5.41) is 9.21. The topological polar surface area (TPSA) is 82.1 Å². The van der Waals surface area contributed by atoms with Gasteiger partial charge in [-0.25, -0.2) is 9.68 Å². The molecule has 2 aliphatic carbocycles. The Hall–Kier alpha value is -1.66. The van der Waals surface area contributed by atoms with E-state index < -0.39 is 6.10 Å². The minimum atomic E-state index is -0.472. The minimum absolute atomic E-state index is 0.0460. The normalized spacial score (nSPS) is 36.4. The number of ether oxygens (including phenoxy) is 2. The average molecular weight is 322 g/mol. The predicted octanol–water partition coefficient (Wildman–Crippen LogP) is 2.40. The first-order valence-electron chi connectivity index (χ1n) is 7.91. The van der Waals surface area contributed by atoms with Gasteiger partial charge in [-0.1, -0.05) is 19.1 Å². The molecule has 126 valence electrons. The summed E-state index contributed by atoms with van der Waals surface area (Å²) in [6.45, 7) is 7.44. The second-order valence-corrected chi connectivity index (χ2v) is 6.96. The molecule has 3 aliphatic rings. The molecule has 6 nitrogen and oxygen atoms in total. The van der Waals surface area contributed by atoms with Gasteiger partial charge in [0.1, 0.15) is 18.8 Å². The van der Waals surface area contributed by atoms with E-state index >= 15 is 0 Å². The minimum Gasteiger partial charge on any atom is -0.461 e. The number of carbonyl (C=O) groups excluding carboxylic acids is 2. The molecule has 4 atom stereocenters. The monoisotopic (exact) mass is 322 g/mol. The van der Waals surface area contributed by atoms with E-state index in [1.165, 1.54) is 6.92 Å². The summed E-state index contributed by atoms with van der Waals surface area (Å²) in [5.41, 5.74) is 2.27. The van der Waals surface area contributed by atoms with Crippen LogP contribution in [-0.2, 0) is 24.0 Å². The van der Waals surface area contributed by atoms with Crippen molar-refractivity contribution in [1.29, 1.82) is 0 Å². The molecule has 2 fully saturated rings. The molecule has 0 bridgehead atoms. The molecule has 0 aromatic carbocycles. The Morgan fingerprint density at radius 2 is 2.26 bits per heavy atom. The average Bonchev–Trinajstić information content (AvgIpc) is 2.76. The first kappa shape index (κ1) is 16.2. The lowest BCUT2D eigenvalue weighted by atomic mass is 9.60. The zero-order valence-corrected chi connectivity index (χ0v) is 13.5. The van der Waals surface area contributed by atoms with Gasteiger partial charge in [0.05, 0.1) is 0 Å². The molecule has 23 heavy (non-hydrogen) atoms. The van der Waals surface area contributed by atoms with Crippen molar-refractivity contribution in [2.45, 2.75) is 51.7 Å². The van der Waals surface area contributed by atoms with Crippen LogP contribution in [0.15, 0.2) is 23.3 Å². The van der Waals surface area contributed by atoms with E-state index in [1.54, 1.807) is 0 Å². The van der Waals surface area contributed by atoms with Gasteiger partial charge < -0.3 is 9.47 Å². The highest BCUT2D eigenvalue weighted by Crippen LogP contribution is 2.55. The summed E-state index contributed by atoms with van der Waals surface area (Å²) in [5.74, 6) is -0.741. The molecule has 0 amide bonds. The fraction of sp³-hybridized carbons (Fsp3) is 0.647. The van der Waals surface area contributed by atoms with E-state index in [4.69, 9.17) is 9.47 Å². The van der Waals surface area contributed by atoms with Crippen molar-refractivity contribution < 1.29 is 29.2 Å². The summed E-state index contributed by atoms with van der Waals surface area (Å²) < 4.78 is 10.6. The zero-order valence-electron chi connectivity index (χ0n) is 13.5. The van der Waals surface area contributed by atoms with Gasteiger partial charge in [-0.3, -0.25) is 10.1 Å². The molecule has 6 heteroatoms. The molecule has 4 unspecified atom stereocenters. The van der Waals surface area contributed by atoms with Gasteiger partial charge in [0, 0.05) is 18.4 Å². The third kappa shape index (κ3) is 2.70. The summed E-state index contributed by atoms with van der Waals surface area (Å²) in [6, 6.07) is 0. The van der Waals surface area contributed by atoms with Crippen molar-refractivity contribution in [2.24, 2.45) is 11.3 Å². The Bertz CT molecular complexity index is 592. The van der Waals surface area contributed by atoms with Crippen LogP contribution in [0, 0.1) is 11.3 Å². The standard InChI is InChI=1S/C17H22O6/c1-9-11-6-13-12(8-21-10(2)18)14(23-20)4-5-17(13,3)7-15(11)22-16(9)19/h11,14-15,20H,1,4-8H2,2-3H3. The summed E-state index contributed by atoms with van der Waals surface area (Å²) in [6.07, 6.45) is 2.21. The van der Waals surface area contributed by atoms with Gasteiger partial charge in [0.25, 0.3) is 0 Å². The first-order chi connectivity index (χ1) is 10.9. The van der Waals surface area contributed by atoms with E-state index in [2.05, 4.69) is 18.4 Å². The molecule has 1 saturated heterocycles. The van der Waals surface area contributed by atoms with Gasteiger partial charge in [-0.2, -0.15) is 0 Å². The fourth-order valence-electron chi connectivity index (χ4n) is 4.21. The molecule has 3 rings (SSSR count). The van der Waals surface area contributed by atoms with Crippen molar-refractivity contribution in [3.63, 3.8) is 0 Å². The Morgan fingerprint density at radius 3 is 2.91 bits per heavy atom. The van der Waals surface area contributed by atoms with Crippen molar-refractivity contribution >= 4 is 11.9 Å². The Morgan fingerprint density at radius 1 is 1.52 bits per heavy atom. The van der Waals surface area contributed by atoms with Crippen LogP contribution in [0.2, 0.25) is 0 Å². The molecule has 1 aliphatic heterocycles. The molecular formula is C17H22O6. The maximum absolute atomic E-state index is 11.8. The first-order valence-corrected chi connectivity index (χ1v) is 7.91. The SMILES string of the molecule is C=C1C(=O)OC2CC3(C)CCC(OO)C(COC(C)=O)=C3CC12. The Balaban J connectivity index is 1.97. The van der Waals surface area contributed by atoms with Gasteiger partial charge in [0.15, 0.2) is 0 Å². The van der Waals surface area contributed by atoms with Crippen LogP contribution < -0.4 is 0 Å². The van der Waals surface area contributed by atoms with E-state index in [0.29, 0.717) is 18.4 Å². The highest BCUT2D eigenvalue weighted by Gasteiger charge is 2.51. The van der Waals surface area contributed by atoms with Crippen molar-refractivity contribution in [3.05, 3.63) is 23.3 Å². The third-order valence-corrected chi connectivity index (χ3v) is 5.51. The van der Waals surface area contributed by atoms with Crippen LogP contribution in [0.3, 0.4) is 0 Å². The van der Waals surface area contributed by atoms with E-state index in [1.807, 2.05) is 0 Å². The molecule has 1 heterocycles. The van der Waals surface area contributed by atoms with Gasteiger partial charge >= 0.3 is 11.9 Å². The zero-order chi connectivity index (χ0) is 16.8. The highest BCUT2D eigenvalue weighted by molar-refractivity contribution is 5.91. The Labute approximate surface area is 135 Å². The summed E-state index contributed by atoms with van der Waals surface area (Å²) in [4.78, 5) is 27.6. The summed E-state index contributed by atoms with van der Waals surface area (Å²) >= 11 is 0. The maximum Gasteiger partial charge on any atom is 0.334 e. The molecule has 0 spiro atoms. The van der Waals surface area contributed by atoms with Crippen molar-refractivity contribution in [1.82, 2.24) is 0 Å². The lowest BCUT2D eigenvalue weighted by molar-refractivity contribution is -0.274. The van der Waals surface area contributed by atoms with E-state index in [-0.39, 0.29) is 36.0 Å². The second kappa shape index (κ2) is 5.76. The van der Waals surface area contributed by atoms with Crippen LogP contribution in [-0.4, -0.2) is 36.0 Å². The van der Waals surface area contributed by atoms with Crippen LogP contribution >= 0.6 is 0 Å². The maximum atomic E-state index is 11.8. The van der Waals surface area contributed by atoms with Gasteiger partial charge in [0.2, 0.25) is 0 Å². The highest BCUT2D eigenvalue weighted by atomic mass is 17.1. The van der Waals surface area contributed by atoms with Crippen LogP contribution in [0.1, 0.15) is 39.5 Å². The molecular weight excluding hydrogens is 300 g/mol. The number of hydrogen-bond acceptors (Lipinski definition) is 6. The number of allylic oxidation sites excluding steroid dienone is 1. The van der Waals surface area contributed by atoms with Gasteiger partial charge in [-0.05, 0) is 36.7 Å². The third-order valence-electron chi connectivity index (χ3n) is 5.51. The Kier molecular flexibility index (Phi) is 4.06. The predicted molar refractivity (Wildman–Crippen MR) is 80.2 cm³/mol. The van der Waals surface area contributed by atoms with Gasteiger partial charge in [-0.15, -0.1) is 0 Å². The number of fused-ring (bicyclic) bond motifs is 2. The van der Waals surface area contributed by atoms with Crippen LogP contribution in [0.5, 0.6) is 0 Å². The fourth-order valence-corrected chi connectivity index (χ4v) is 4.21. The second-order valence-electron chi connectivity index (χ2n) is 6.96. The number of rotatable bonds is 3. The largest absolute Gasteiger partial charge is 0.461 e. The quantitative estimate of drug-likeness (QED) is 0.282. The van der Waals surface area contributed by atoms with E-state index in [0.717, 1.165) is 24.0 Å². The smallest absolute Gasteiger partial charge is 0.334 e. The molecule has 1 N–H and O–H groups in total. The number of hydrogen-bond donors (Lipinski definition) is 1. The molecule has 0 aromatic heterocycles. The summed E-state index contributed by atoms with van der Waals surface area (Å²) in [7, 11) is 0. The lowest BCUT2D eigenvalue weighted by Gasteiger charge is -2.46. The number of carbonyl (C=O) groups is 2. The molecule has 0 aromatic rings. The van der Waals surface area contributed by atoms with E-state index in [9.17, 15) is 14.8 Å². The molecule has 0 radical (unpaired) electrons. The van der Waals surface area contributed by atoms with Crippen molar-refractivity contribution in [3.8, 4) is 0 Å². The van der Waals surface area contributed by atoms with Crippen molar-refractivity contribution in [2.75, 3.05) is 6.61 Å². The molecule has 1 saturated carbocycles. The van der Waals surface area contributed by atoms with Crippen LogP contribution in [0.4, 0.5) is 0 Å². The lowest BCUT2D eigenvalue weighted by Crippen LogP contribution is -2.42.